The molecule has 0 unspecified atom stereocenters. The van der Waals surface area contributed by atoms with Gasteiger partial charge in [-0.05, 0) is 50.1 Å². The predicted molar refractivity (Wildman–Crippen MR) is 133 cm³/mol. The number of amides is 1. The van der Waals surface area contributed by atoms with E-state index < -0.39 is 5.91 Å². The van der Waals surface area contributed by atoms with Gasteiger partial charge in [0.05, 0.1) is 20.8 Å². The monoisotopic (exact) mass is 617 g/mol. The van der Waals surface area contributed by atoms with Crippen LogP contribution in [0.4, 0.5) is 0 Å². The van der Waals surface area contributed by atoms with Gasteiger partial charge in [0, 0.05) is 15.6 Å². The Morgan fingerprint density at radius 3 is 2.34 bits per heavy atom. The van der Waals surface area contributed by atoms with Gasteiger partial charge in [-0.25, -0.2) is 15.1 Å². The predicted octanol–water partition coefficient (Wildman–Crippen LogP) is 5.69. The van der Waals surface area contributed by atoms with Crippen molar-refractivity contribution >= 4 is 59.9 Å². The van der Waals surface area contributed by atoms with E-state index >= 15 is 0 Å². The Hall–Kier alpha value is -2.82. The van der Waals surface area contributed by atoms with E-state index in [0.29, 0.717) is 24.8 Å². The number of aromatic hydroxyl groups is 1. The molecule has 0 saturated carbocycles. The van der Waals surface area contributed by atoms with Crippen molar-refractivity contribution in [1.29, 1.82) is 0 Å². The first-order valence-corrected chi connectivity index (χ1v) is 11.6. The number of benzene rings is 3. The second-order valence-electron chi connectivity index (χ2n) is 6.49. The molecule has 0 aliphatic heterocycles. The van der Waals surface area contributed by atoms with Gasteiger partial charge < -0.3 is 5.11 Å². The Morgan fingerprint density at radius 2 is 1.66 bits per heavy atom. The molecule has 0 aliphatic rings. The SMILES string of the molecule is O=C(N/N=C/c1c(Br)cc(Br)c(O)c1Br)c1nc(-c2ccccc2)n(-c2ccccc2)n1. The molecule has 0 radical (unpaired) electrons. The van der Waals surface area contributed by atoms with Crippen molar-refractivity contribution in [2.45, 2.75) is 0 Å². The van der Waals surface area contributed by atoms with E-state index in [0.717, 1.165) is 11.3 Å². The maximum atomic E-state index is 12.7. The summed E-state index contributed by atoms with van der Waals surface area (Å²) in [5, 5.41) is 18.5. The third-order valence-corrected chi connectivity index (χ3v) is 6.45. The molecule has 0 bridgehead atoms. The molecular weight excluding hydrogens is 606 g/mol. The summed E-state index contributed by atoms with van der Waals surface area (Å²) in [4.78, 5) is 17.2. The highest BCUT2D eigenvalue weighted by molar-refractivity contribution is 9.11. The quantitative estimate of drug-likeness (QED) is 0.222. The summed E-state index contributed by atoms with van der Waals surface area (Å²) in [6.45, 7) is 0. The van der Waals surface area contributed by atoms with Crippen molar-refractivity contribution in [1.82, 2.24) is 20.2 Å². The number of phenols is 1. The Morgan fingerprint density at radius 1 is 1.00 bits per heavy atom. The van der Waals surface area contributed by atoms with E-state index in [1.165, 1.54) is 6.21 Å². The Kier molecular flexibility index (Phi) is 6.83. The first-order chi connectivity index (χ1) is 15.5. The number of nitrogens with zero attached hydrogens (tertiary/aromatic N) is 4. The molecule has 1 heterocycles. The van der Waals surface area contributed by atoms with Gasteiger partial charge in [0.2, 0.25) is 5.82 Å². The lowest BCUT2D eigenvalue weighted by molar-refractivity contribution is 0.0945. The third kappa shape index (κ3) is 4.67. The first kappa shape index (κ1) is 22.4. The number of aromatic nitrogens is 3. The van der Waals surface area contributed by atoms with Crippen LogP contribution in [0, 0.1) is 0 Å². The minimum atomic E-state index is -0.568. The minimum absolute atomic E-state index is 0.0248. The van der Waals surface area contributed by atoms with Crippen molar-refractivity contribution in [3.63, 3.8) is 0 Å². The topological polar surface area (TPSA) is 92.4 Å². The molecule has 1 amide bonds. The number of rotatable bonds is 5. The molecule has 0 aliphatic carbocycles. The number of hydrogen-bond donors (Lipinski definition) is 2. The molecule has 10 heteroatoms. The van der Waals surface area contributed by atoms with Crippen LogP contribution in [0.15, 0.2) is 85.2 Å². The summed E-state index contributed by atoms with van der Waals surface area (Å²) >= 11 is 9.98. The van der Waals surface area contributed by atoms with Gasteiger partial charge in [-0.3, -0.25) is 4.79 Å². The average Bonchev–Trinajstić information content (AvgIpc) is 3.26. The van der Waals surface area contributed by atoms with E-state index in [2.05, 4.69) is 68.4 Å². The standard InChI is InChI=1S/C22H14Br3N5O2/c23-16-11-17(24)19(31)18(25)15(16)12-26-28-22(32)20-27-21(13-7-3-1-4-8-13)30(29-20)14-9-5-2-6-10-14/h1-12,31H,(H,28,32)/b26-12+. The number of phenolic OH excluding ortho intramolecular Hbond substituents is 1. The van der Waals surface area contributed by atoms with Crippen LogP contribution in [-0.4, -0.2) is 32.0 Å². The first-order valence-electron chi connectivity index (χ1n) is 9.23. The molecule has 4 aromatic rings. The number of carbonyl (C=O) groups excluding carboxylic acids is 1. The van der Waals surface area contributed by atoms with Crippen LogP contribution in [0.2, 0.25) is 0 Å². The molecule has 160 valence electrons. The van der Waals surface area contributed by atoms with Gasteiger partial charge in [0.1, 0.15) is 5.75 Å². The number of hydrogen-bond acceptors (Lipinski definition) is 5. The summed E-state index contributed by atoms with van der Waals surface area (Å²) in [5.74, 6) is -0.0330. The van der Waals surface area contributed by atoms with Gasteiger partial charge in [-0.2, -0.15) is 5.10 Å². The van der Waals surface area contributed by atoms with Gasteiger partial charge in [0.15, 0.2) is 5.82 Å². The summed E-state index contributed by atoms with van der Waals surface area (Å²) in [7, 11) is 0. The lowest BCUT2D eigenvalue weighted by atomic mass is 10.2. The van der Waals surface area contributed by atoms with Gasteiger partial charge in [0.25, 0.3) is 0 Å². The largest absolute Gasteiger partial charge is 0.506 e. The summed E-state index contributed by atoms with van der Waals surface area (Å²) in [6, 6.07) is 20.6. The summed E-state index contributed by atoms with van der Waals surface area (Å²) in [6.07, 6.45) is 1.41. The molecular formula is C22H14Br3N5O2. The fourth-order valence-corrected chi connectivity index (χ4v) is 5.18. The highest BCUT2D eigenvalue weighted by Gasteiger charge is 2.18. The van der Waals surface area contributed by atoms with Crippen LogP contribution >= 0.6 is 47.8 Å². The average molecular weight is 620 g/mol. The minimum Gasteiger partial charge on any atom is -0.506 e. The van der Waals surface area contributed by atoms with E-state index in [9.17, 15) is 9.90 Å². The molecule has 0 saturated heterocycles. The molecule has 0 fully saturated rings. The molecule has 32 heavy (non-hydrogen) atoms. The number of hydrazone groups is 1. The zero-order valence-corrected chi connectivity index (χ0v) is 21.0. The lowest BCUT2D eigenvalue weighted by Crippen LogP contribution is -2.19. The fourth-order valence-electron chi connectivity index (χ4n) is 2.85. The normalized spacial score (nSPS) is 11.1. The highest BCUT2D eigenvalue weighted by Crippen LogP contribution is 2.38. The molecule has 2 N–H and O–H groups in total. The highest BCUT2D eigenvalue weighted by atomic mass is 79.9. The lowest BCUT2D eigenvalue weighted by Gasteiger charge is -2.06. The molecule has 1 aromatic heterocycles. The second kappa shape index (κ2) is 9.76. The van der Waals surface area contributed by atoms with Crippen LogP contribution in [0.3, 0.4) is 0 Å². The van der Waals surface area contributed by atoms with Crippen LogP contribution in [0.25, 0.3) is 17.1 Å². The van der Waals surface area contributed by atoms with Crippen LogP contribution < -0.4 is 5.43 Å². The maximum absolute atomic E-state index is 12.7. The van der Waals surface area contributed by atoms with Crippen LogP contribution in [0.5, 0.6) is 5.75 Å². The Bertz CT molecular complexity index is 1250. The number of nitrogens with one attached hydrogen (secondary N) is 1. The zero-order valence-electron chi connectivity index (χ0n) is 16.2. The number of carbonyl (C=O) groups is 1. The summed E-state index contributed by atoms with van der Waals surface area (Å²) < 4.78 is 3.23. The molecule has 0 atom stereocenters. The van der Waals surface area contributed by atoms with Crippen molar-refractivity contribution < 1.29 is 9.90 Å². The Labute approximate surface area is 208 Å². The smallest absolute Gasteiger partial charge is 0.311 e. The number of para-hydroxylation sites is 1. The zero-order chi connectivity index (χ0) is 22.7. The van der Waals surface area contributed by atoms with Gasteiger partial charge >= 0.3 is 5.91 Å². The van der Waals surface area contributed by atoms with E-state index in [1.807, 2.05) is 60.7 Å². The van der Waals surface area contributed by atoms with Gasteiger partial charge in [-0.15, -0.1) is 5.10 Å². The molecule has 3 aromatic carbocycles. The van der Waals surface area contributed by atoms with Crippen LogP contribution in [0.1, 0.15) is 16.2 Å². The van der Waals surface area contributed by atoms with Crippen LogP contribution in [-0.2, 0) is 0 Å². The third-order valence-electron chi connectivity index (χ3n) is 4.38. The molecule has 4 rings (SSSR count). The molecule has 7 nitrogen and oxygen atoms in total. The van der Waals surface area contributed by atoms with Crippen molar-refractivity contribution in [3.05, 3.63) is 91.5 Å². The molecule has 0 spiro atoms. The van der Waals surface area contributed by atoms with Crippen molar-refractivity contribution in [3.8, 4) is 22.8 Å². The second-order valence-corrected chi connectivity index (χ2v) is 8.99. The van der Waals surface area contributed by atoms with E-state index in [-0.39, 0.29) is 11.6 Å². The fraction of sp³-hybridized carbons (Fsp3) is 0. The Balaban J connectivity index is 1.63. The van der Waals surface area contributed by atoms with E-state index in [1.54, 1.807) is 10.7 Å². The van der Waals surface area contributed by atoms with Crippen molar-refractivity contribution in [2.24, 2.45) is 5.10 Å². The van der Waals surface area contributed by atoms with Gasteiger partial charge in [-0.1, -0.05) is 64.5 Å². The maximum Gasteiger partial charge on any atom is 0.311 e. The summed E-state index contributed by atoms with van der Waals surface area (Å²) in [5.41, 5.74) is 4.59. The van der Waals surface area contributed by atoms with E-state index in [4.69, 9.17) is 0 Å². The van der Waals surface area contributed by atoms with Crippen molar-refractivity contribution in [2.75, 3.05) is 0 Å². The number of halogens is 3.